The third-order valence-electron chi connectivity index (χ3n) is 2.47. The normalized spacial score (nSPS) is 12.3. The van der Waals surface area contributed by atoms with Crippen LogP contribution in [0.25, 0.3) is 0 Å². The summed E-state index contributed by atoms with van der Waals surface area (Å²) < 4.78 is 37.3. The van der Waals surface area contributed by atoms with E-state index in [-0.39, 0.29) is 12.4 Å². The van der Waals surface area contributed by atoms with E-state index in [1.54, 1.807) is 13.8 Å². The van der Waals surface area contributed by atoms with Gasteiger partial charge in [0.25, 0.3) is 0 Å². The number of nitrogens with zero attached hydrogens (tertiary/aromatic N) is 1. The minimum Gasteiger partial charge on any atom is -0.369 e. The molecule has 0 saturated carbocycles. The highest BCUT2D eigenvalue weighted by atomic mass is 19.4. The summed E-state index contributed by atoms with van der Waals surface area (Å²) in [5.74, 6) is -0.485. The molecule has 0 saturated heterocycles. The van der Waals surface area contributed by atoms with Gasteiger partial charge in [0.1, 0.15) is 5.82 Å². The minimum absolute atomic E-state index is 0.0548. The molecule has 0 aliphatic rings. The Hall–Kier alpha value is -1.79. The van der Waals surface area contributed by atoms with Crippen LogP contribution in [0.3, 0.4) is 0 Å². The molecule has 100 valence electrons. The molecule has 4 nitrogen and oxygen atoms in total. The van der Waals surface area contributed by atoms with E-state index in [0.29, 0.717) is 0 Å². The first-order valence-electron chi connectivity index (χ1n) is 5.20. The van der Waals surface area contributed by atoms with Gasteiger partial charge in [0.2, 0.25) is 5.91 Å². The van der Waals surface area contributed by atoms with Crippen molar-refractivity contribution in [2.45, 2.75) is 20.0 Å². The third-order valence-corrected chi connectivity index (χ3v) is 2.47. The van der Waals surface area contributed by atoms with Gasteiger partial charge in [-0.15, -0.1) is 0 Å². The molecule has 0 bridgehead atoms. The molecule has 3 N–H and O–H groups in total. The summed E-state index contributed by atoms with van der Waals surface area (Å²) in [7, 11) is 0. The van der Waals surface area contributed by atoms with Crippen molar-refractivity contribution in [1.29, 1.82) is 0 Å². The Balaban J connectivity index is 2.78. The average Bonchev–Trinajstić information content (AvgIpc) is 2.25. The number of carbonyl (C=O) groups is 1. The van der Waals surface area contributed by atoms with E-state index in [4.69, 9.17) is 5.73 Å². The van der Waals surface area contributed by atoms with Crippen LogP contribution in [-0.2, 0) is 11.0 Å². The number of rotatable bonds is 4. The predicted octanol–water partition coefficient (Wildman–Crippen LogP) is 2.02. The van der Waals surface area contributed by atoms with Crippen molar-refractivity contribution in [3.05, 3.63) is 23.9 Å². The zero-order valence-corrected chi connectivity index (χ0v) is 10.0. The summed E-state index contributed by atoms with van der Waals surface area (Å²) >= 11 is 0. The number of primary amides is 1. The van der Waals surface area contributed by atoms with Crippen molar-refractivity contribution in [2.75, 3.05) is 11.9 Å². The first kappa shape index (κ1) is 14.3. The molecule has 1 heterocycles. The van der Waals surface area contributed by atoms with E-state index < -0.39 is 23.1 Å². The SMILES string of the molecule is CC(C)(CNc1cc(C(F)(F)F)ccn1)C(N)=O. The molecule has 0 spiro atoms. The predicted molar refractivity (Wildman–Crippen MR) is 60.7 cm³/mol. The summed E-state index contributed by atoms with van der Waals surface area (Å²) in [6, 6.07) is 1.77. The van der Waals surface area contributed by atoms with Gasteiger partial charge in [-0.05, 0) is 26.0 Å². The Kier molecular flexibility index (Phi) is 3.83. The van der Waals surface area contributed by atoms with E-state index in [0.717, 1.165) is 18.3 Å². The lowest BCUT2D eigenvalue weighted by Gasteiger charge is -2.21. The molecule has 7 heteroatoms. The Morgan fingerprint density at radius 1 is 1.44 bits per heavy atom. The van der Waals surface area contributed by atoms with Crippen LogP contribution in [0.15, 0.2) is 18.3 Å². The van der Waals surface area contributed by atoms with Crippen LogP contribution >= 0.6 is 0 Å². The number of hydrogen-bond acceptors (Lipinski definition) is 3. The molecule has 0 aliphatic carbocycles. The molecule has 18 heavy (non-hydrogen) atoms. The molecule has 0 aliphatic heterocycles. The van der Waals surface area contributed by atoms with Crippen LogP contribution in [0, 0.1) is 5.41 Å². The Labute approximate surface area is 102 Å². The number of halogens is 3. The first-order valence-corrected chi connectivity index (χ1v) is 5.20. The highest BCUT2D eigenvalue weighted by molar-refractivity contribution is 5.80. The Morgan fingerprint density at radius 3 is 2.56 bits per heavy atom. The lowest BCUT2D eigenvalue weighted by molar-refractivity contribution is -0.137. The Bertz CT molecular complexity index is 443. The molecule has 1 aromatic heterocycles. The number of alkyl halides is 3. The maximum absolute atomic E-state index is 12.4. The van der Waals surface area contributed by atoms with E-state index in [1.165, 1.54) is 0 Å². The molecule has 1 amide bonds. The van der Waals surface area contributed by atoms with Crippen molar-refractivity contribution < 1.29 is 18.0 Å². The Morgan fingerprint density at radius 2 is 2.06 bits per heavy atom. The summed E-state index contributed by atoms with van der Waals surface area (Å²) in [6.07, 6.45) is -3.36. The zero-order valence-electron chi connectivity index (χ0n) is 10.0. The molecule has 0 unspecified atom stereocenters. The van der Waals surface area contributed by atoms with Gasteiger partial charge in [-0.1, -0.05) is 0 Å². The molecule has 0 aromatic carbocycles. The first-order chi connectivity index (χ1) is 8.13. The lowest BCUT2D eigenvalue weighted by atomic mass is 9.93. The zero-order chi connectivity index (χ0) is 14.0. The summed E-state index contributed by atoms with van der Waals surface area (Å²) in [4.78, 5) is 14.8. The second kappa shape index (κ2) is 4.83. The van der Waals surface area contributed by atoms with Gasteiger partial charge in [0.05, 0.1) is 11.0 Å². The van der Waals surface area contributed by atoms with E-state index >= 15 is 0 Å². The number of pyridine rings is 1. The fourth-order valence-corrected chi connectivity index (χ4v) is 1.10. The van der Waals surface area contributed by atoms with Crippen LogP contribution in [0.2, 0.25) is 0 Å². The minimum atomic E-state index is -4.42. The fourth-order valence-electron chi connectivity index (χ4n) is 1.10. The number of anilines is 1. The smallest absolute Gasteiger partial charge is 0.369 e. The van der Waals surface area contributed by atoms with Crippen molar-refractivity contribution in [3.8, 4) is 0 Å². The lowest BCUT2D eigenvalue weighted by Crippen LogP contribution is -2.37. The topological polar surface area (TPSA) is 68.0 Å². The monoisotopic (exact) mass is 261 g/mol. The molecular formula is C11H14F3N3O. The van der Waals surface area contributed by atoms with E-state index in [2.05, 4.69) is 10.3 Å². The number of nitrogens with one attached hydrogen (secondary N) is 1. The highest BCUT2D eigenvalue weighted by Crippen LogP contribution is 2.30. The molecule has 0 atom stereocenters. The second-order valence-corrected chi connectivity index (χ2v) is 4.53. The summed E-state index contributed by atoms with van der Waals surface area (Å²) in [5.41, 5.74) is 3.49. The fraction of sp³-hybridized carbons (Fsp3) is 0.455. The highest BCUT2D eigenvalue weighted by Gasteiger charge is 2.31. The van der Waals surface area contributed by atoms with E-state index in [9.17, 15) is 18.0 Å². The van der Waals surface area contributed by atoms with Crippen LogP contribution in [-0.4, -0.2) is 17.4 Å². The number of amides is 1. The standard InChI is InChI=1S/C11H14F3N3O/c1-10(2,9(15)18)6-17-8-5-7(3-4-16-8)11(12,13)14/h3-5H,6H2,1-2H3,(H2,15,18)(H,16,17). The van der Waals surface area contributed by atoms with Gasteiger partial charge in [-0.25, -0.2) is 4.98 Å². The quantitative estimate of drug-likeness (QED) is 0.871. The van der Waals surface area contributed by atoms with Gasteiger partial charge in [0, 0.05) is 12.7 Å². The van der Waals surface area contributed by atoms with Crippen molar-refractivity contribution in [2.24, 2.45) is 11.1 Å². The van der Waals surface area contributed by atoms with E-state index in [1.807, 2.05) is 0 Å². The summed E-state index contributed by atoms with van der Waals surface area (Å²) in [6.45, 7) is 3.29. The van der Waals surface area contributed by atoms with Crippen LogP contribution in [0.5, 0.6) is 0 Å². The van der Waals surface area contributed by atoms with Gasteiger partial charge >= 0.3 is 6.18 Å². The van der Waals surface area contributed by atoms with Crippen molar-refractivity contribution in [1.82, 2.24) is 4.98 Å². The molecule has 0 radical (unpaired) electrons. The largest absolute Gasteiger partial charge is 0.416 e. The number of aromatic nitrogens is 1. The third kappa shape index (κ3) is 3.61. The number of carbonyl (C=O) groups excluding carboxylic acids is 1. The molecular weight excluding hydrogens is 247 g/mol. The molecule has 1 rings (SSSR count). The van der Waals surface area contributed by atoms with Crippen LogP contribution in [0.1, 0.15) is 19.4 Å². The average molecular weight is 261 g/mol. The molecule has 1 aromatic rings. The van der Waals surface area contributed by atoms with Crippen LogP contribution in [0.4, 0.5) is 19.0 Å². The second-order valence-electron chi connectivity index (χ2n) is 4.53. The maximum Gasteiger partial charge on any atom is 0.416 e. The van der Waals surface area contributed by atoms with Gasteiger partial charge in [-0.3, -0.25) is 4.79 Å². The van der Waals surface area contributed by atoms with Crippen molar-refractivity contribution >= 4 is 11.7 Å². The number of nitrogens with two attached hydrogens (primary N) is 1. The maximum atomic E-state index is 12.4. The van der Waals surface area contributed by atoms with Gasteiger partial charge < -0.3 is 11.1 Å². The number of hydrogen-bond donors (Lipinski definition) is 2. The molecule has 0 fully saturated rings. The van der Waals surface area contributed by atoms with Crippen molar-refractivity contribution in [3.63, 3.8) is 0 Å². The summed E-state index contributed by atoms with van der Waals surface area (Å²) in [5, 5.41) is 2.67. The van der Waals surface area contributed by atoms with Gasteiger partial charge in [0.15, 0.2) is 0 Å². The van der Waals surface area contributed by atoms with Gasteiger partial charge in [-0.2, -0.15) is 13.2 Å². The van der Waals surface area contributed by atoms with Crippen LogP contribution < -0.4 is 11.1 Å².